The van der Waals surface area contributed by atoms with Gasteiger partial charge in [-0.25, -0.2) is 4.57 Å². The molecule has 6 atom stereocenters. The standard InChI is InChI=1S/C42H79O12P/c1-3-5-7-9-11-13-15-16-17-18-19-20-21-22-24-26-28-30-32-51-33-35(53-36(43)31-29-27-25-23-14-12-10-8-6-4-2)34-52-55(49,50)54-42-40(47)38(45)37(44)39(46)41(42)48/h8,10,16-17,35,37-42,44-48H,3-7,9,11-15,18-34H2,1-2H3,(H,49,50)/b10-8-,17-16-. The van der Waals surface area contributed by atoms with Crippen LogP contribution in [0.15, 0.2) is 24.3 Å². The summed E-state index contributed by atoms with van der Waals surface area (Å²) in [6.45, 7) is 4.16. The summed E-state index contributed by atoms with van der Waals surface area (Å²) in [6.07, 6.45) is 24.1. The van der Waals surface area contributed by atoms with Crippen LogP contribution in [0, 0.1) is 0 Å². The fraction of sp³-hybridized carbons (Fsp3) is 0.881. The summed E-state index contributed by atoms with van der Waals surface area (Å²) in [6, 6.07) is 0. The molecule has 0 aromatic rings. The van der Waals surface area contributed by atoms with Crippen LogP contribution in [0.25, 0.3) is 0 Å². The van der Waals surface area contributed by atoms with Crippen LogP contribution < -0.4 is 0 Å². The van der Waals surface area contributed by atoms with Crippen molar-refractivity contribution >= 4 is 13.8 Å². The number of aliphatic hydroxyl groups is 5. The predicted molar refractivity (Wildman–Crippen MR) is 216 cm³/mol. The zero-order valence-corrected chi connectivity index (χ0v) is 35.1. The van der Waals surface area contributed by atoms with Gasteiger partial charge in [-0.15, -0.1) is 0 Å². The minimum Gasteiger partial charge on any atom is -0.457 e. The van der Waals surface area contributed by atoms with Crippen molar-refractivity contribution in [3.05, 3.63) is 24.3 Å². The lowest BCUT2D eigenvalue weighted by Gasteiger charge is -2.41. The molecule has 6 N–H and O–H groups in total. The van der Waals surface area contributed by atoms with Gasteiger partial charge in [0.25, 0.3) is 0 Å². The van der Waals surface area contributed by atoms with Crippen LogP contribution in [0.3, 0.4) is 0 Å². The van der Waals surface area contributed by atoms with Crippen molar-refractivity contribution in [1.82, 2.24) is 0 Å². The molecule has 1 saturated carbocycles. The maximum Gasteiger partial charge on any atom is 0.472 e. The number of aliphatic hydroxyl groups excluding tert-OH is 5. The van der Waals surface area contributed by atoms with Crippen LogP contribution in [-0.2, 0) is 27.9 Å². The van der Waals surface area contributed by atoms with Crippen LogP contribution in [0.1, 0.15) is 174 Å². The van der Waals surface area contributed by atoms with E-state index in [1.54, 1.807) is 0 Å². The molecule has 0 bridgehead atoms. The first-order chi connectivity index (χ1) is 26.5. The van der Waals surface area contributed by atoms with Crippen molar-refractivity contribution in [1.29, 1.82) is 0 Å². The topological polar surface area (TPSA) is 192 Å². The molecule has 0 saturated heterocycles. The molecule has 55 heavy (non-hydrogen) atoms. The quantitative estimate of drug-likeness (QED) is 0.0154. The van der Waals surface area contributed by atoms with Crippen molar-refractivity contribution in [2.75, 3.05) is 19.8 Å². The van der Waals surface area contributed by atoms with Gasteiger partial charge in [0.15, 0.2) is 0 Å². The second-order valence-electron chi connectivity index (χ2n) is 15.2. The molecule has 0 heterocycles. The van der Waals surface area contributed by atoms with E-state index >= 15 is 0 Å². The van der Waals surface area contributed by atoms with E-state index in [1.807, 2.05) is 0 Å². The number of unbranched alkanes of at least 4 members (excludes halogenated alkanes) is 20. The van der Waals surface area contributed by atoms with Gasteiger partial charge < -0.3 is 39.9 Å². The average molecular weight is 807 g/mol. The molecule has 0 spiro atoms. The molecule has 1 aliphatic rings. The number of phosphoric ester groups is 1. The molecule has 0 amide bonds. The van der Waals surface area contributed by atoms with Gasteiger partial charge >= 0.3 is 13.8 Å². The molecule has 0 radical (unpaired) electrons. The molecular formula is C42H79O12P. The number of hydrogen-bond acceptors (Lipinski definition) is 11. The lowest BCUT2D eigenvalue weighted by atomic mass is 9.85. The zero-order valence-electron chi connectivity index (χ0n) is 34.2. The van der Waals surface area contributed by atoms with Gasteiger partial charge in [0.05, 0.1) is 13.2 Å². The average Bonchev–Trinajstić information content (AvgIpc) is 3.17. The second-order valence-corrected chi connectivity index (χ2v) is 16.6. The largest absolute Gasteiger partial charge is 0.472 e. The number of allylic oxidation sites excluding steroid dienone is 4. The summed E-state index contributed by atoms with van der Waals surface area (Å²) >= 11 is 0. The highest BCUT2D eigenvalue weighted by Gasteiger charge is 2.51. The number of esters is 1. The summed E-state index contributed by atoms with van der Waals surface area (Å²) in [5.41, 5.74) is 0. The first-order valence-corrected chi connectivity index (χ1v) is 23.2. The Kier molecular flexibility index (Phi) is 31.8. The second kappa shape index (κ2) is 33.8. The first-order valence-electron chi connectivity index (χ1n) is 21.7. The number of rotatable bonds is 36. The molecule has 0 aromatic heterocycles. The first kappa shape index (κ1) is 51.8. The Morgan fingerprint density at radius 1 is 0.564 bits per heavy atom. The summed E-state index contributed by atoms with van der Waals surface area (Å²) in [5.74, 6) is -0.490. The molecule has 13 heteroatoms. The molecule has 1 fully saturated rings. The molecule has 0 aliphatic heterocycles. The van der Waals surface area contributed by atoms with Crippen LogP contribution >= 0.6 is 7.82 Å². The maximum absolute atomic E-state index is 12.8. The molecule has 324 valence electrons. The van der Waals surface area contributed by atoms with Gasteiger partial charge in [-0.2, -0.15) is 0 Å². The minimum atomic E-state index is -5.01. The van der Waals surface area contributed by atoms with Crippen LogP contribution in [0.2, 0.25) is 0 Å². The highest BCUT2D eigenvalue weighted by atomic mass is 31.2. The van der Waals surface area contributed by atoms with E-state index < -0.39 is 63.1 Å². The molecule has 6 unspecified atom stereocenters. The number of hydrogen-bond donors (Lipinski definition) is 6. The highest BCUT2D eigenvalue weighted by Crippen LogP contribution is 2.47. The van der Waals surface area contributed by atoms with Crippen molar-refractivity contribution < 1.29 is 58.3 Å². The van der Waals surface area contributed by atoms with Gasteiger partial charge in [-0.1, -0.05) is 134 Å². The smallest absolute Gasteiger partial charge is 0.457 e. The highest BCUT2D eigenvalue weighted by molar-refractivity contribution is 7.47. The molecule has 12 nitrogen and oxygen atoms in total. The minimum absolute atomic E-state index is 0.0804. The van der Waals surface area contributed by atoms with Gasteiger partial charge in [0.1, 0.15) is 42.7 Å². The fourth-order valence-corrected chi connectivity index (χ4v) is 7.50. The normalized spacial score (nSPS) is 23.4. The Morgan fingerprint density at radius 3 is 1.51 bits per heavy atom. The summed E-state index contributed by atoms with van der Waals surface area (Å²) in [7, 11) is -5.01. The van der Waals surface area contributed by atoms with Gasteiger partial charge in [0.2, 0.25) is 0 Å². The Balaban J connectivity index is 2.39. The Morgan fingerprint density at radius 2 is 1.00 bits per heavy atom. The number of ether oxygens (including phenoxy) is 2. The lowest BCUT2D eigenvalue weighted by Crippen LogP contribution is -2.64. The van der Waals surface area contributed by atoms with Gasteiger partial charge in [0, 0.05) is 13.0 Å². The third-order valence-corrected chi connectivity index (χ3v) is 11.0. The molecule has 1 aliphatic carbocycles. The molecular weight excluding hydrogens is 727 g/mol. The van der Waals surface area contributed by atoms with Crippen molar-refractivity contribution in [3.63, 3.8) is 0 Å². The summed E-state index contributed by atoms with van der Waals surface area (Å²) < 4.78 is 34.0. The maximum atomic E-state index is 12.8. The SMILES string of the molecule is CCC/C=C\CCCCCCCC(=O)OC(COCCCCCCCCCC/C=C\CCCCCCCC)COP(=O)(O)OC1C(O)C(O)C(O)C(O)C1O. The van der Waals surface area contributed by atoms with E-state index in [1.165, 1.54) is 83.5 Å². The fourth-order valence-electron chi connectivity index (χ4n) is 6.53. The third-order valence-electron chi connectivity index (χ3n) is 10.0. The number of carbonyl (C=O) groups is 1. The molecule has 0 aromatic carbocycles. The zero-order chi connectivity index (χ0) is 40.6. The van der Waals surface area contributed by atoms with Crippen molar-refractivity contribution in [2.24, 2.45) is 0 Å². The Labute approximate surface area is 332 Å². The number of carbonyl (C=O) groups excluding carboxylic acids is 1. The van der Waals surface area contributed by atoms with Crippen molar-refractivity contribution in [3.8, 4) is 0 Å². The Hall–Kier alpha value is -1.18. The summed E-state index contributed by atoms with van der Waals surface area (Å²) in [5, 5.41) is 50.0. The van der Waals surface area contributed by atoms with Crippen LogP contribution in [-0.4, -0.2) is 98.9 Å². The van der Waals surface area contributed by atoms with E-state index in [0.717, 1.165) is 64.2 Å². The lowest BCUT2D eigenvalue weighted by molar-refractivity contribution is -0.220. The van der Waals surface area contributed by atoms with Crippen LogP contribution in [0.5, 0.6) is 0 Å². The van der Waals surface area contributed by atoms with Gasteiger partial charge in [-0.05, 0) is 57.8 Å². The van der Waals surface area contributed by atoms with Crippen molar-refractivity contribution in [2.45, 2.75) is 217 Å². The van der Waals surface area contributed by atoms with E-state index in [4.69, 9.17) is 18.5 Å². The monoisotopic (exact) mass is 807 g/mol. The third kappa shape index (κ3) is 26.4. The van der Waals surface area contributed by atoms with E-state index in [0.29, 0.717) is 13.0 Å². The number of phosphoric acid groups is 1. The van der Waals surface area contributed by atoms with Crippen LogP contribution in [0.4, 0.5) is 0 Å². The predicted octanol–water partition coefficient (Wildman–Crippen LogP) is 8.14. The molecule has 1 rings (SSSR count). The Bertz CT molecular complexity index is 1010. The van der Waals surface area contributed by atoms with E-state index in [9.17, 15) is 39.8 Å². The van der Waals surface area contributed by atoms with E-state index in [2.05, 4.69) is 38.2 Å². The van der Waals surface area contributed by atoms with E-state index in [-0.39, 0.29) is 13.0 Å². The summed E-state index contributed by atoms with van der Waals surface area (Å²) in [4.78, 5) is 23.0. The van der Waals surface area contributed by atoms with Gasteiger partial charge in [-0.3, -0.25) is 13.8 Å².